The number of hydrogen-bond donors (Lipinski definition) is 1. The molecule has 0 aliphatic heterocycles. The second kappa shape index (κ2) is 6.43. The lowest BCUT2D eigenvalue weighted by Gasteiger charge is -2.11. The number of rotatable bonds is 4. The van der Waals surface area contributed by atoms with Gasteiger partial charge in [-0.3, -0.25) is 0 Å². The molecule has 1 heterocycles. The summed E-state index contributed by atoms with van der Waals surface area (Å²) in [7, 11) is 0. The van der Waals surface area contributed by atoms with Crippen LogP contribution in [0.5, 0.6) is 0 Å². The van der Waals surface area contributed by atoms with Crippen molar-refractivity contribution in [2.24, 2.45) is 0 Å². The van der Waals surface area contributed by atoms with Gasteiger partial charge >= 0.3 is 5.97 Å². The van der Waals surface area contributed by atoms with E-state index in [0.29, 0.717) is 0 Å². The molecule has 1 N–H and O–H groups in total. The Hall–Kier alpha value is -3.09. The second-order valence-electron chi connectivity index (χ2n) is 5.84. The summed E-state index contributed by atoms with van der Waals surface area (Å²) in [5.74, 6) is -2.91. The number of carboxylic acids is 1. The minimum Gasteiger partial charge on any atom is -0.476 e. The molecule has 0 amide bonds. The van der Waals surface area contributed by atoms with E-state index < -0.39 is 17.6 Å². The smallest absolute Gasteiger partial charge is 0.358 e. The number of aromatic carboxylic acids is 1. The average molecular weight is 343 g/mol. The van der Waals surface area contributed by atoms with Crippen LogP contribution in [0.4, 0.5) is 8.78 Å². The maximum Gasteiger partial charge on any atom is 0.358 e. The summed E-state index contributed by atoms with van der Waals surface area (Å²) in [5, 5.41) is 16.9. The van der Waals surface area contributed by atoms with E-state index in [1.165, 1.54) is 4.68 Å². The Balaban J connectivity index is 2.15. The molecule has 3 aromatic rings. The van der Waals surface area contributed by atoms with Gasteiger partial charge in [0.1, 0.15) is 17.3 Å². The number of benzene rings is 2. The molecule has 1 aromatic heterocycles. The first kappa shape index (κ1) is 16.8. The highest BCUT2D eigenvalue weighted by Gasteiger charge is 2.22. The molecule has 0 aliphatic carbocycles. The lowest BCUT2D eigenvalue weighted by atomic mass is 10.0. The number of aryl methyl sites for hydroxylation is 2. The minimum absolute atomic E-state index is 0.0619. The SMILES string of the molecule is Cc1ccc(C)c(Cn2nnc(C(=O)O)c2-c2cc(F)cc(F)c2)c1. The van der Waals surface area contributed by atoms with E-state index >= 15 is 0 Å². The van der Waals surface area contributed by atoms with E-state index in [9.17, 15) is 18.7 Å². The Labute approximate surface area is 142 Å². The molecule has 0 unspecified atom stereocenters. The van der Waals surface area contributed by atoms with Crippen molar-refractivity contribution in [2.75, 3.05) is 0 Å². The van der Waals surface area contributed by atoms with Crippen molar-refractivity contribution < 1.29 is 18.7 Å². The van der Waals surface area contributed by atoms with Gasteiger partial charge in [-0.1, -0.05) is 29.0 Å². The lowest BCUT2D eigenvalue weighted by Crippen LogP contribution is -2.08. The molecule has 7 heteroatoms. The van der Waals surface area contributed by atoms with Gasteiger partial charge in [0.05, 0.1) is 6.54 Å². The van der Waals surface area contributed by atoms with Crippen molar-refractivity contribution in [2.45, 2.75) is 20.4 Å². The van der Waals surface area contributed by atoms with E-state index in [2.05, 4.69) is 10.3 Å². The first-order valence-corrected chi connectivity index (χ1v) is 7.54. The van der Waals surface area contributed by atoms with E-state index in [4.69, 9.17) is 0 Å². The van der Waals surface area contributed by atoms with Gasteiger partial charge in [-0.15, -0.1) is 5.10 Å². The van der Waals surface area contributed by atoms with Gasteiger partial charge in [-0.2, -0.15) is 0 Å². The van der Waals surface area contributed by atoms with Crippen LogP contribution in [0.2, 0.25) is 0 Å². The zero-order valence-electron chi connectivity index (χ0n) is 13.6. The number of halogens is 2. The van der Waals surface area contributed by atoms with Gasteiger partial charge < -0.3 is 5.11 Å². The molecular formula is C18H15F2N3O2. The topological polar surface area (TPSA) is 68.0 Å². The van der Waals surface area contributed by atoms with Crippen LogP contribution in [0.3, 0.4) is 0 Å². The molecule has 3 rings (SSSR count). The number of carboxylic acid groups (broad SMARTS) is 1. The van der Waals surface area contributed by atoms with Gasteiger partial charge in [0, 0.05) is 11.6 Å². The standard InChI is InChI=1S/C18H15F2N3O2/c1-10-3-4-11(2)13(5-10)9-23-17(16(18(24)25)21-22-23)12-6-14(19)8-15(20)7-12/h3-8H,9H2,1-2H3,(H,24,25). The monoisotopic (exact) mass is 343 g/mol. The van der Waals surface area contributed by atoms with E-state index in [1.54, 1.807) is 0 Å². The van der Waals surface area contributed by atoms with Crippen molar-refractivity contribution in [1.82, 2.24) is 15.0 Å². The van der Waals surface area contributed by atoms with E-state index in [0.717, 1.165) is 34.9 Å². The predicted molar refractivity (Wildman–Crippen MR) is 87.4 cm³/mol. The molecule has 0 saturated carbocycles. The fourth-order valence-electron chi connectivity index (χ4n) is 2.68. The third-order valence-electron chi connectivity index (χ3n) is 3.90. The summed E-state index contributed by atoms with van der Waals surface area (Å²) in [4.78, 5) is 11.4. The molecule has 128 valence electrons. The third kappa shape index (κ3) is 3.40. The molecule has 5 nitrogen and oxygen atoms in total. The fraction of sp³-hybridized carbons (Fsp3) is 0.167. The molecule has 0 bridgehead atoms. The molecule has 0 radical (unpaired) electrons. The van der Waals surface area contributed by atoms with Gasteiger partial charge in [0.15, 0.2) is 5.69 Å². The average Bonchev–Trinajstić information content (AvgIpc) is 2.94. The summed E-state index contributed by atoms with van der Waals surface area (Å²) < 4.78 is 28.5. The summed E-state index contributed by atoms with van der Waals surface area (Å²) in [6.45, 7) is 4.10. The molecule has 0 fully saturated rings. The zero-order chi connectivity index (χ0) is 18.1. The third-order valence-corrected chi connectivity index (χ3v) is 3.90. The van der Waals surface area contributed by atoms with Crippen molar-refractivity contribution in [3.63, 3.8) is 0 Å². The van der Waals surface area contributed by atoms with Crippen molar-refractivity contribution in [3.8, 4) is 11.3 Å². The number of aromatic nitrogens is 3. The zero-order valence-corrected chi connectivity index (χ0v) is 13.6. The van der Waals surface area contributed by atoms with Crippen LogP contribution >= 0.6 is 0 Å². The van der Waals surface area contributed by atoms with Gasteiger partial charge in [-0.25, -0.2) is 18.3 Å². The predicted octanol–water partition coefficient (Wildman–Crippen LogP) is 3.59. The van der Waals surface area contributed by atoms with Crippen molar-refractivity contribution in [3.05, 3.63) is 70.4 Å². The van der Waals surface area contributed by atoms with Gasteiger partial charge in [0.2, 0.25) is 0 Å². The Morgan fingerprint density at radius 3 is 2.44 bits per heavy atom. The van der Waals surface area contributed by atoms with E-state index in [1.807, 2.05) is 32.0 Å². The molecule has 0 atom stereocenters. The Kier molecular flexibility index (Phi) is 4.31. The first-order chi connectivity index (χ1) is 11.8. The molecule has 2 aromatic carbocycles. The minimum atomic E-state index is -1.31. The van der Waals surface area contributed by atoms with Gasteiger partial charge in [-0.05, 0) is 37.1 Å². The number of nitrogens with zero attached hydrogens (tertiary/aromatic N) is 3. The highest BCUT2D eigenvalue weighted by molar-refractivity contribution is 5.92. The molecular weight excluding hydrogens is 328 g/mol. The summed E-state index contributed by atoms with van der Waals surface area (Å²) in [6.07, 6.45) is 0. The maximum atomic E-state index is 13.6. The lowest BCUT2D eigenvalue weighted by molar-refractivity contribution is 0.0691. The van der Waals surface area contributed by atoms with Crippen LogP contribution in [0.1, 0.15) is 27.2 Å². The van der Waals surface area contributed by atoms with Crippen LogP contribution in [-0.2, 0) is 6.54 Å². The van der Waals surface area contributed by atoms with Crippen LogP contribution in [0.25, 0.3) is 11.3 Å². The summed E-state index contributed by atoms with van der Waals surface area (Å²) >= 11 is 0. The Morgan fingerprint density at radius 1 is 1.12 bits per heavy atom. The van der Waals surface area contributed by atoms with Crippen molar-refractivity contribution >= 4 is 5.97 Å². The first-order valence-electron chi connectivity index (χ1n) is 7.54. The Morgan fingerprint density at radius 2 is 1.80 bits per heavy atom. The molecule has 0 spiro atoms. The van der Waals surface area contributed by atoms with Crippen LogP contribution in [-0.4, -0.2) is 26.1 Å². The maximum absolute atomic E-state index is 13.6. The second-order valence-corrected chi connectivity index (χ2v) is 5.84. The number of carbonyl (C=O) groups is 1. The van der Waals surface area contributed by atoms with E-state index in [-0.39, 0.29) is 23.5 Å². The van der Waals surface area contributed by atoms with Gasteiger partial charge in [0.25, 0.3) is 0 Å². The van der Waals surface area contributed by atoms with Crippen molar-refractivity contribution in [1.29, 1.82) is 0 Å². The highest BCUT2D eigenvalue weighted by Crippen LogP contribution is 2.26. The normalized spacial score (nSPS) is 10.9. The largest absolute Gasteiger partial charge is 0.476 e. The fourth-order valence-corrected chi connectivity index (χ4v) is 2.68. The summed E-state index contributed by atoms with van der Waals surface area (Å²) in [6, 6.07) is 8.71. The quantitative estimate of drug-likeness (QED) is 0.786. The Bertz CT molecular complexity index is 947. The van der Waals surface area contributed by atoms with Crippen LogP contribution in [0.15, 0.2) is 36.4 Å². The molecule has 0 aliphatic rings. The van der Waals surface area contributed by atoms with Crippen LogP contribution in [0, 0.1) is 25.5 Å². The molecule has 25 heavy (non-hydrogen) atoms. The summed E-state index contributed by atoms with van der Waals surface area (Å²) in [5.41, 5.74) is 2.74. The number of hydrogen-bond acceptors (Lipinski definition) is 3. The highest BCUT2D eigenvalue weighted by atomic mass is 19.1. The molecule has 0 saturated heterocycles. The van der Waals surface area contributed by atoms with Crippen LogP contribution < -0.4 is 0 Å².